The molecular weight excluding hydrogens is 205 g/mol. The van der Waals surface area contributed by atoms with E-state index in [0.717, 1.165) is 12.5 Å². The van der Waals surface area contributed by atoms with Crippen molar-refractivity contribution in [2.24, 2.45) is 5.92 Å². The van der Waals surface area contributed by atoms with E-state index >= 15 is 0 Å². The quantitative estimate of drug-likeness (QED) is 0.749. The second-order valence-electron chi connectivity index (χ2n) is 4.34. The van der Waals surface area contributed by atoms with Gasteiger partial charge in [0, 0.05) is 12.1 Å². The van der Waals surface area contributed by atoms with Gasteiger partial charge in [-0.25, -0.2) is 4.39 Å². The Bertz CT molecular complexity index is 350. The minimum Gasteiger partial charge on any atom is -0.494 e. The van der Waals surface area contributed by atoms with Crippen molar-refractivity contribution < 1.29 is 9.13 Å². The smallest absolute Gasteiger partial charge is 0.169 e. The zero-order chi connectivity index (χ0) is 11.4. The molecule has 0 aromatic heterocycles. The van der Waals surface area contributed by atoms with E-state index in [-0.39, 0.29) is 5.82 Å². The first-order valence-corrected chi connectivity index (χ1v) is 5.83. The highest BCUT2D eigenvalue weighted by Gasteiger charge is 2.20. The average molecular weight is 223 g/mol. The van der Waals surface area contributed by atoms with Crippen molar-refractivity contribution in [1.82, 2.24) is 5.32 Å². The van der Waals surface area contributed by atoms with Crippen LogP contribution in [0.1, 0.15) is 24.8 Å². The van der Waals surface area contributed by atoms with Gasteiger partial charge in [-0.3, -0.25) is 0 Å². The Hall–Kier alpha value is -1.09. The normalized spacial score (nSPS) is 15.1. The summed E-state index contributed by atoms with van der Waals surface area (Å²) in [5, 5.41) is 3.27. The number of nitrogens with one attached hydrogen (secondary N) is 1. The zero-order valence-electron chi connectivity index (χ0n) is 9.63. The molecule has 0 heterocycles. The SMILES string of the molecule is COc1cccc(CNCCC2CC2)c1F. The van der Waals surface area contributed by atoms with Crippen LogP contribution in [0.5, 0.6) is 5.75 Å². The first-order valence-electron chi connectivity index (χ1n) is 5.83. The highest BCUT2D eigenvalue weighted by Crippen LogP contribution is 2.31. The van der Waals surface area contributed by atoms with Crippen LogP contribution in [-0.2, 0) is 6.54 Å². The zero-order valence-corrected chi connectivity index (χ0v) is 9.63. The molecule has 0 radical (unpaired) electrons. The lowest BCUT2D eigenvalue weighted by atomic mass is 10.2. The Morgan fingerprint density at radius 2 is 2.25 bits per heavy atom. The van der Waals surface area contributed by atoms with Gasteiger partial charge in [0.2, 0.25) is 0 Å². The third kappa shape index (κ3) is 2.95. The summed E-state index contributed by atoms with van der Waals surface area (Å²) < 4.78 is 18.6. The highest BCUT2D eigenvalue weighted by molar-refractivity contribution is 5.30. The molecule has 0 saturated heterocycles. The van der Waals surface area contributed by atoms with Gasteiger partial charge < -0.3 is 10.1 Å². The van der Waals surface area contributed by atoms with Crippen LogP contribution in [0.25, 0.3) is 0 Å². The maximum atomic E-state index is 13.7. The number of ether oxygens (including phenoxy) is 1. The van der Waals surface area contributed by atoms with Gasteiger partial charge in [-0.15, -0.1) is 0 Å². The van der Waals surface area contributed by atoms with Crippen LogP contribution in [0.3, 0.4) is 0 Å². The minimum atomic E-state index is -0.246. The number of methoxy groups -OCH3 is 1. The molecule has 0 bridgehead atoms. The highest BCUT2D eigenvalue weighted by atomic mass is 19.1. The molecule has 1 saturated carbocycles. The van der Waals surface area contributed by atoms with E-state index in [1.807, 2.05) is 6.07 Å². The Labute approximate surface area is 95.8 Å². The lowest BCUT2D eigenvalue weighted by molar-refractivity contribution is 0.383. The Morgan fingerprint density at radius 1 is 1.44 bits per heavy atom. The van der Waals surface area contributed by atoms with Crippen LogP contribution < -0.4 is 10.1 Å². The summed E-state index contributed by atoms with van der Waals surface area (Å²) in [5.74, 6) is 0.994. The number of hydrogen-bond donors (Lipinski definition) is 1. The molecule has 1 aromatic rings. The van der Waals surface area contributed by atoms with Crippen molar-refractivity contribution in [2.75, 3.05) is 13.7 Å². The first kappa shape index (κ1) is 11.4. The molecule has 1 aromatic carbocycles. The second kappa shape index (κ2) is 5.30. The van der Waals surface area contributed by atoms with Crippen LogP contribution in [-0.4, -0.2) is 13.7 Å². The van der Waals surface area contributed by atoms with E-state index in [9.17, 15) is 4.39 Å². The van der Waals surface area contributed by atoms with Crippen LogP contribution in [0.4, 0.5) is 4.39 Å². The van der Waals surface area contributed by atoms with E-state index in [2.05, 4.69) is 5.32 Å². The Morgan fingerprint density at radius 3 is 2.94 bits per heavy atom. The molecule has 0 spiro atoms. The fourth-order valence-corrected chi connectivity index (χ4v) is 1.79. The molecule has 1 aliphatic rings. The van der Waals surface area contributed by atoms with E-state index in [1.54, 1.807) is 12.1 Å². The molecule has 16 heavy (non-hydrogen) atoms. The van der Waals surface area contributed by atoms with E-state index < -0.39 is 0 Å². The predicted octanol–water partition coefficient (Wildman–Crippen LogP) is 2.72. The first-order chi connectivity index (χ1) is 7.81. The maximum absolute atomic E-state index is 13.7. The summed E-state index contributed by atoms with van der Waals surface area (Å²) in [5.41, 5.74) is 0.676. The molecule has 2 nitrogen and oxygen atoms in total. The Kier molecular flexibility index (Phi) is 3.78. The van der Waals surface area contributed by atoms with Crippen molar-refractivity contribution in [3.8, 4) is 5.75 Å². The monoisotopic (exact) mass is 223 g/mol. The fraction of sp³-hybridized carbons (Fsp3) is 0.538. The van der Waals surface area contributed by atoms with Gasteiger partial charge in [-0.2, -0.15) is 0 Å². The fourth-order valence-electron chi connectivity index (χ4n) is 1.79. The van der Waals surface area contributed by atoms with Crippen molar-refractivity contribution >= 4 is 0 Å². The third-order valence-corrected chi connectivity index (χ3v) is 3.00. The summed E-state index contributed by atoms with van der Waals surface area (Å²) in [6.07, 6.45) is 3.95. The molecule has 0 unspecified atom stereocenters. The minimum absolute atomic E-state index is 0.246. The molecule has 0 atom stereocenters. The topological polar surface area (TPSA) is 21.3 Å². The van der Waals surface area contributed by atoms with Crippen molar-refractivity contribution in [3.63, 3.8) is 0 Å². The lowest BCUT2D eigenvalue weighted by Gasteiger charge is -2.08. The van der Waals surface area contributed by atoms with Gasteiger partial charge in [0.25, 0.3) is 0 Å². The molecule has 88 valence electrons. The van der Waals surface area contributed by atoms with E-state index in [4.69, 9.17) is 4.74 Å². The lowest BCUT2D eigenvalue weighted by Crippen LogP contribution is -2.16. The predicted molar refractivity (Wildman–Crippen MR) is 62.0 cm³/mol. The maximum Gasteiger partial charge on any atom is 0.169 e. The molecule has 0 aliphatic heterocycles. The van der Waals surface area contributed by atoms with Gasteiger partial charge >= 0.3 is 0 Å². The number of halogens is 1. The summed E-state index contributed by atoms with van der Waals surface area (Å²) >= 11 is 0. The summed E-state index contributed by atoms with van der Waals surface area (Å²) in [4.78, 5) is 0. The van der Waals surface area contributed by atoms with Crippen LogP contribution >= 0.6 is 0 Å². The molecule has 0 amide bonds. The summed E-state index contributed by atoms with van der Waals surface area (Å²) in [6.45, 7) is 1.55. The summed E-state index contributed by atoms with van der Waals surface area (Å²) in [7, 11) is 1.49. The van der Waals surface area contributed by atoms with Crippen molar-refractivity contribution in [3.05, 3.63) is 29.6 Å². The summed E-state index contributed by atoms with van der Waals surface area (Å²) in [6, 6.07) is 5.25. The molecule has 2 rings (SSSR count). The van der Waals surface area contributed by atoms with Gasteiger partial charge in [0.05, 0.1) is 7.11 Å². The molecular formula is C13H18FNO. The Balaban J connectivity index is 1.82. The van der Waals surface area contributed by atoms with Crippen LogP contribution in [0, 0.1) is 11.7 Å². The molecule has 1 N–H and O–H groups in total. The van der Waals surface area contributed by atoms with Crippen LogP contribution in [0.15, 0.2) is 18.2 Å². The van der Waals surface area contributed by atoms with Gasteiger partial charge in [-0.05, 0) is 24.9 Å². The molecule has 1 aliphatic carbocycles. The number of benzene rings is 1. The van der Waals surface area contributed by atoms with Gasteiger partial charge in [0.15, 0.2) is 11.6 Å². The van der Waals surface area contributed by atoms with Crippen molar-refractivity contribution in [1.29, 1.82) is 0 Å². The van der Waals surface area contributed by atoms with Gasteiger partial charge in [0.1, 0.15) is 0 Å². The largest absolute Gasteiger partial charge is 0.494 e. The molecule has 3 heteroatoms. The van der Waals surface area contributed by atoms with Crippen molar-refractivity contribution in [2.45, 2.75) is 25.8 Å². The number of rotatable bonds is 6. The number of hydrogen-bond acceptors (Lipinski definition) is 2. The van der Waals surface area contributed by atoms with E-state index in [1.165, 1.54) is 26.4 Å². The standard InChI is InChI=1S/C13H18FNO/c1-16-12-4-2-3-11(13(12)14)9-15-8-7-10-5-6-10/h2-4,10,15H,5-9H2,1H3. The van der Waals surface area contributed by atoms with Gasteiger partial charge in [-0.1, -0.05) is 25.0 Å². The third-order valence-electron chi connectivity index (χ3n) is 3.00. The second-order valence-corrected chi connectivity index (χ2v) is 4.34. The molecule has 1 fully saturated rings. The van der Waals surface area contributed by atoms with Crippen LogP contribution in [0.2, 0.25) is 0 Å². The van der Waals surface area contributed by atoms with E-state index in [0.29, 0.717) is 17.9 Å². The average Bonchev–Trinajstić information content (AvgIpc) is 3.10.